The largest absolute Gasteiger partial charge is 0.351 e. The predicted molar refractivity (Wildman–Crippen MR) is 130 cm³/mol. The summed E-state index contributed by atoms with van der Waals surface area (Å²) in [7, 11) is 0. The number of pyridine rings is 1. The van der Waals surface area contributed by atoms with Gasteiger partial charge in [0.2, 0.25) is 5.82 Å². The smallest absolute Gasteiger partial charge is 0.343 e. The van der Waals surface area contributed by atoms with Gasteiger partial charge >= 0.3 is 5.69 Å². The van der Waals surface area contributed by atoms with E-state index < -0.39 is 0 Å². The fourth-order valence-electron chi connectivity index (χ4n) is 4.38. The molecule has 7 nitrogen and oxygen atoms in total. The van der Waals surface area contributed by atoms with E-state index in [1.165, 1.54) is 23.7 Å². The number of hydrogen-bond acceptors (Lipinski definition) is 7. The third kappa shape index (κ3) is 4.66. The van der Waals surface area contributed by atoms with E-state index in [9.17, 15) is 10.1 Å². The molecule has 4 aromatic rings. The van der Waals surface area contributed by atoms with Gasteiger partial charge in [-0.2, -0.15) is 0 Å². The highest BCUT2D eigenvalue weighted by Crippen LogP contribution is 2.40. The normalized spacial score (nSPS) is 14.5. The minimum Gasteiger partial charge on any atom is -0.351 e. The van der Waals surface area contributed by atoms with Crippen LogP contribution in [0.5, 0.6) is 0 Å². The van der Waals surface area contributed by atoms with Crippen molar-refractivity contribution < 1.29 is 4.92 Å². The Balaban J connectivity index is 1.38. The van der Waals surface area contributed by atoms with E-state index in [1.54, 1.807) is 6.20 Å². The number of para-hydroxylation sites is 1. The van der Waals surface area contributed by atoms with Gasteiger partial charge in [0.25, 0.3) is 0 Å². The lowest BCUT2D eigenvalue weighted by Crippen LogP contribution is -2.35. The first-order valence-corrected chi connectivity index (χ1v) is 11.8. The van der Waals surface area contributed by atoms with Crippen molar-refractivity contribution in [3.63, 3.8) is 0 Å². The number of fused-ring (bicyclic) bond motifs is 1. The van der Waals surface area contributed by atoms with Crippen molar-refractivity contribution in [2.75, 3.05) is 18.0 Å². The molecule has 3 heterocycles. The molecular weight excluding hydrogens is 434 g/mol. The molecule has 0 atom stereocenters. The first kappa shape index (κ1) is 21.3. The van der Waals surface area contributed by atoms with Crippen LogP contribution in [0.3, 0.4) is 0 Å². The van der Waals surface area contributed by atoms with Gasteiger partial charge in [0.1, 0.15) is 6.33 Å². The van der Waals surface area contributed by atoms with Gasteiger partial charge in [-0.25, -0.2) is 9.97 Å². The number of hydrogen-bond donors (Lipinski definition) is 0. The monoisotopic (exact) mass is 457 g/mol. The first-order valence-electron chi connectivity index (χ1n) is 11.0. The van der Waals surface area contributed by atoms with Gasteiger partial charge in [-0.1, -0.05) is 60.3 Å². The molecule has 0 aliphatic carbocycles. The number of benzene rings is 2. The molecular formula is C25H23N5O2S. The third-order valence-electron chi connectivity index (χ3n) is 6.04. The third-order valence-corrected chi connectivity index (χ3v) is 7.08. The molecule has 1 fully saturated rings. The van der Waals surface area contributed by atoms with Crippen molar-refractivity contribution in [3.8, 4) is 0 Å². The van der Waals surface area contributed by atoms with E-state index in [-0.39, 0.29) is 10.6 Å². The van der Waals surface area contributed by atoms with E-state index in [4.69, 9.17) is 0 Å². The quantitative estimate of drug-likeness (QED) is 0.213. The van der Waals surface area contributed by atoms with Crippen molar-refractivity contribution in [3.05, 3.63) is 88.9 Å². The summed E-state index contributed by atoms with van der Waals surface area (Å²) < 4.78 is 0. The summed E-state index contributed by atoms with van der Waals surface area (Å²) >= 11 is 1.27. The minimum atomic E-state index is -0.355. The highest BCUT2D eigenvalue weighted by molar-refractivity contribution is 7.99. The standard InChI is InChI=1S/C25H23N5O2S/c31-30(32)23-24(29-14-11-19(12-15-29)16-18-6-2-1-3-7-18)27-17-28-25(23)33-21-10-4-8-20-9-5-13-26-22(20)21/h1-10,13,17,19H,11-12,14-16H2. The van der Waals surface area contributed by atoms with Crippen LogP contribution < -0.4 is 4.90 Å². The van der Waals surface area contributed by atoms with Crippen LogP contribution in [0.1, 0.15) is 18.4 Å². The lowest BCUT2D eigenvalue weighted by atomic mass is 9.90. The molecule has 1 saturated heterocycles. The zero-order chi connectivity index (χ0) is 22.6. The maximum atomic E-state index is 12.1. The van der Waals surface area contributed by atoms with E-state index in [0.717, 1.165) is 48.2 Å². The molecule has 2 aromatic heterocycles. The summed E-state index contributed by atoms with van der Waals surface area (Å²) in [5.74, 6) is 0.976. The van der Waals surface area contributed by atoms with E-state index in [2.05, 4.69) is 39.2 Å². The van der Waals surface area contributed by atoms with Crippen molar-refractivity contribution in [1.29, 1.82) is 0 Å². The molecule has 2 aromatic carbocycles. The molecule has 166 valence electrons. The fourth-order valence-corrected chi connectivity index (χ4v) is 5.36. The summed E-state index contributed by atoms with van der Waals surface area (Å²) in [5.41, 5.74) is 2.12. The molecule has 0 N–H and O–H groups in total. The fraction of sp³-hybridized carbons (Fsp3) is 0.240. The lowest BCUT2D eigenvalue weighted by Gasteiger charge is -2.32. The van der Waals surface area contributed by atoms with E-state index in [0.29, 0.717) is 16.8 Å². The van der Waals surface area contributed by atoms with Gasteiger partial charge in [-0.3, -0.25) is 15.1 Å². The lowest BCUT2D eigenvalue weighted by molar-refractivity contribution is -0.387. The Labute approximate surface area is 196 Å². The summed E-state index contributed by atoms with van der Waals surface area (Å²) in [6.45, 7) is 1.49. The Morgan fingerprint density at radius 1 is 0.970 bits per heavy atom. The molecule has 0 amide bonds. The SMILES string of the molecule is O=[N+]([O-])c1c(Sc2cccc3cccnc23)ncnc1N1CCC(Cc2ccccc2)CC1. The molecule has 8 heteroatoms. The van der Waals surface area contributed by atoms with Gasteiger partial charge in [0, 0.05) is 29.6 Å². The molecule has 1 aliphatic heterocycles. The summed E-state index contributed by atoms with van der Waals surface area (Å²) in [6, 6.07) is 20.2. The molecule has 33 heavy (non-hydrogen) atoms. The van der Waals surface area contributed by atoms with Crippen LogP contribution in [0.4, 0.5) is 11.5 Å². The van der Waals surface area contributed by atoms with Crippen molar-refractivity contribution >= 4 is 34.2 Å². The number of aromatic nitrogens is 3. The second-order valence-electron chi connectivity index (χ2n) is 8.16. The molecule has 0 radical (unpaired) electrons. The summed E-state index contributed by atoms with van der Waals surface area (Å²) in [4.78, 5) is 27.7. The van der Waals surface area contributed by atoms with E-state index >= 15 is 0 Å². The van der Waals surface area contributed by atoms with Crippen LogP contribution in [0.15, 0.2) is 83.1 Å². The van der Waals surface area contributed by atoms with Crippen LogP contribution in [0.25, 0.3) is 10.9 Å². The van der Waals surface area contributed by atoms with Gasteiger partial charge in [-0.15, -0.1) is 0 Å². The Hall–Kier alpha value is -3.52. The van der Waals surface area contributed by atoms with Crippen LogP contribution in [-0.4, -0.2) is 33.0 Å². The Morgan fingerprint density at radius 2 is 1.76 bits per heavy atom. The maximum absolute atomic E-state index is 12.1. The van der Waals surface area contributed by atoms with Crippen LogP contribution >= 0.6 is 11.8 Å². The van der Waals surface area contributed by atoms with Gasteiger partial charge in [0.15, 0.2) is 5.03 Å². The molecule has 5 rings (SSSR count). The topological polar surface area (TPSA) is 85.0 Å². The Morgan fingerprint density at radius 3 is 2.55 bits per heavy atom. The second-order valence-corrected chi connectivity index (χ2v) is 9.19. The van der Waals surface area contributed by atoms with Gasteiger partial charge < -0.3 is 4.90 Å². The van der Waals surface area contributed by atoms with Crippen LogP contribution in [-0.2, 0) is 6.42 Å². The minimum absolute atomic E-state index is 0.0306. The Bertz CT molecular complexity index is 1270. The summed E-state index contributed by atoms with van der Waals surface area (Å²) in [5, 5.41) is 13.4. The van der Waals surface area contributed by atoms with Crippen LogP contribution in [0, 0.1) is 16.0 Å². The molecule has 0 unspecified atom stereocenters. The highest BCUT2D eigenvalue weighted by atomic mass is 32.2. The highest BCUT2D eigenvalue weighted by Gasteiger charge is 2.30. The molecule has 0 saturated carbocycles. The number of anilines is 1. The van der Waals surface area contributed by atoms with Gasteiger partial charge in [0.05, 0.1) is 10.4 Å². The first-order chi connectivity index (χ1) is 16.2. The zero-order valence-electron chi connectivity index (χ0n) is 18.0. The van der Waals surface area contributed by atoms with Gasteiger partial charge in [-0.05, 0) is 42.9 Å². The molecule has 0 bridgehead atoms. The average molecular weight is 458 g/mol. The molecule has 0 spiro atoms. The average Bonchev–Trinajstić information content (AvgIpc) is 2.85. The predicted octanol–water partition coefficient (Wildman–Crippen LogP) is 5.54. The van der Waals surface area contributed by atoms with E-state index in [1.807, 2.05) is 41.3 Å². The van der Waals surface area contributed by atoms with Crippen molar-refractivity contribution in [1.82, 2.24) is 15.0 Å². The van der Waals surface area contributed by atoms with Crippen molar-refractivity contribution in [2.45, 2.75) is 29.2 Å². The van der Waals surface area contributed by atoms with Crippen molar-refractivity contribution in [2.24, 2.45) is 5.92 Å². The number of nitro groups is 1. The number of nitrogens with zero attached hydrogens (tertiary/aromatic N) is 5. The van der Waals surface area contributed by atoms with Crippen LogP contribution in [0.2, 0.25) is 0 Å². The Kier molecular flexibility index (Phi) is 6.17. The number of piperidine rings is 1. The zero-order valence-corrected chi connectivity index (χ0v) is 18.8. The number of rotatable bonds is 6. The molecule has 1 aliphatic rings. The summed E-state index contributed by atoms with van der Waals surface area (Å²) in [6.07, 6.45) is 6.15. The maximum Gasteiger partial charge on any atom is 0.343 e. The second kappa shape index (κ2) is 9.54.